The number of hydrogen-bond acceptors (Lipinski definition) is 5. The summed E-state index contributed by atoms with van der Waals surface area (Å²) in [7, 11) is 4.51. The maximum Gasteiger partial charge on any atom is 0.274 e. The molecule has 8 nitrogen and oxygen atoms in total. The van der Waals surface area contributed by atoms with Gasteiger partial charge in [-0.3, -0.25) is 14.4 Å². The first-order chi connectivity index (χ1) is 14.4. The van der Waals surface area contributed by atoms with Gasteiger partial charge in [0.2, 0.25) is 0 Å². The fourth-order valence-corrected chi connectivity index (χ4v) is 3.13. The molecule has 30 heavy (non-hydrogen) atoms. The van der Waals surface area contributed by atoms with Crippen molar-refractivity contribution in [2.75, 3.05) is 32.6 Å². The Morgan fingerprint density at radius 2 is 1.73 bits per heavy atom. The summed E-state index contributed by atoms with van der Waals surface area (Å²) in [6.07, 6.45) is 3.16. The van der Waals surface area contributed by atoms with E-state index in [-0.39, 0.29) is 17.2 Å². The first kappa shape index (κ1) is 23.0. The molecule has 8 heteroatoms. The lowest BCUT2D eigenvalue weighted by Crippen LogP contribution is -2.34. The van der Waals surface area contributed by atoms with Crippen LogP contribution in [0.3, 0.4) is 0 Å². The highest BCUT2D eigenvalue weighted by atomic mass is 16.5. The first-order valence-electron chi connectivity index (χ1n) is 9.89. The van der Waals surface area contributed by atoms with Crippen molar-refractivity contribution in [2.24, 2.45) is 7.05 Å². The molecule has 0 bridgehead atoms. The van der Waals surface area contributed by atoms with Crippen molar-refractivity contribution >= 4 is 17.5 Å². The van der Waals surface area contributed by atoms with Gasteiger partial charge < -0.3 is 24.3 Å². The van der Waals surface area contributed by atoms with Crippen molar-refractivity contribution < 1.29 is 19.1 Å². The second-order valence-corrected chi connectivity index (χ2v) is 6.87. The van der Waals surface area contributed by atoms with E-state index in [1.165, 1.54) is 31.0 Å². The third-order valence-electron chi connectivity index (χ3n) is 4.61. The molecule has 0 fully saturated rings. The summed E-state index contributed by atoms with van der Waals surface area (Å²) in [6.45, 7) is 5.26. The monoisotopic (exact) mass is 415 g/mol. The lowest BCUT2D eigenvalue weighted by atomic mass is 10.1. The SMILES string of the molecule is CCCN(CCC)C(=O)c1cc(NC(=O)c2ccc(OC)cc2OC)c(=O)n(C)c1. The van der Waals surface area contributed by atoms with Gasteiger partial charge in [0.25, 0.3) is 17.4 Å². The Kier molecular flexibility index (Phi) is 8.03. The molecule has 162 valence electrons. The highest BCUT2D eigenvalue weighted by molar-refractivity contribution is 6.06. The standard InChI is InChI=1S/C22H29N3O5/c1-6-10-25(11-7-2)21(27)15-12-18(22(28)24(3)14-15)23-20(26)17-9-8-16(29-4)13-19(17)30-5/h8-9,12-14H,6-7,10-11H2,1-5H3,(H,23,26). The van der Waals surface area contributed by atoms with Crippen molar-refractivity contribution in [3.8, 4) is 11.5 Å². The van der Waals surface area contributed by atoms with Crippen molar-refractivity contribution in [1.29, 1.82) is 0 Å². The Labute approximate surface area is 176 Å². The predicted molar refractivity (Wildman–Crippen MR) is 116 cm³/mol. The van der Waals surface area contributed by atoms with Gasteiger partial charge in [-0.1, -0.05) is 13.8 Å². The molecule has 0 saturated heterocycles. The minimum atomic E-state index is -0.518. The second-order valence-electron chi connectivity index (χ2n) is 6.87. The molecule has 0 unspecified atom stereocenters. The van der Waals surface area contributed by atoms with Crippen LogP contribution < -0.4 is 20.3 Å². The van der Waals surface area contributed by atoms with Crippen LogP contribution in [0, 0.1) is 0 Å². The summed E-state index contributed by atoms with van der Waals surface area (Å²) < 4.78 is 11.7. The van der Waals surface area contributed by atoms with E-state index in [1.807, 2.05) is 13.8 Å². The first-order valence-corrected chi connectivity index (χ1v) is 9.89. The Morgan fingerprint density at radius 3 is 2.30 bits per heavy atom. The number of aromatic nitrogens is 1. The molecule has 0 atom stereocenters. The Hall–Kier alpha value is -3.29. The third-order valence-corrected chi connectivity index (χ3v) is 4.61. The van der Waals surface area contributed by atoms with Crippen molar-refractivity contribution in [3.63, 3.8) is 0 Å². The molecule has 0 spiro atoms. The molecular weight excluding hydrogens is 386 g/mol. The van der Waals surface area contributed by atoms with E-state index in [9.17, 15) is 14.4 Å². The topological polar surface area (TPSA) is 89.9 Å². The zero-order chi connectivity index (χ0) is 22.3. The lowest BCUT2D eigenvalue weighted by Gasteiger charge is -2.22. The van der Waals surface area contributed by atoms with Gasteiger partial charge in [0.05, 0.1) is 25.3 Å². The largest absolute Gasteiger partial charge is 0.497 e. The highest BCUT2D eigenvalue weighted by Crippen LogP contribution is 2.25. The summed E-state index contributed by atoms with van der Waals surface area (Å²) in [4.78, 5) is 40.0. The van der Waals surface area contributed by atoms with E-state index in [2.05, 4.69) is 5.32 Å². The van der Waals surface area contributed by atoms with Crippen LogP contribution in [0.4, 0.5) is 5.69 Å². The number of anilines is 1. The second kappa shape index (κ2) is 10.5. The summed E-state index contributed by atoms with van der Waals surface area (Å²) in [5.74, 6) is 0.161. The number of benzene rings is 1. The average Bonchev–Trinajstić information content (AvgIpc) is 2.75. The minimum absolute atomic E-state index is 0.0270. The molecule has 1 aromatic carbocycles. The Bertz CT molecular complexity index is 962. The Morgan fingerprint density at radius 1 is 1.07 bits per heavy atom. The van der Waals surface area contributed by atoms with E-state index < -0.39 is 11.5 Å². The van der Waals surface area contributed by atoms with Crippen LogP contribution in [0.1, 0.15) is 47.4 Å². The maximum atomic E-state index is 12.9. The van der Waals surface area contributed by atoms with Crippen molar-refractivity contribution in [1.82, 2.24) is 9.47 Å². The number of pyridine rings is 1. The van der Waals surface area contributed by atoms with Crippen LogP contribution in [0.25, 0.3) is 0 Å². The van der Waals surface area contributed by atoms with Gasteiger partial charge in [-0.15, -0.1) is 0 Å². The van der Waals surface area contributed by atoms with E-state index in [4.69, 9.17) is 9.47 Å². The molecule has 2 amide bonds. The van der Waals surface area contributed by atoms with Gasteiger partial charge >= 0.3 is 0 Å². The summed E-state index contributed by atoms with van der Waals surface area (Å²) in [5.41, 5.74) is 0.204. The van der Waals surface area contributed by atoms with Gasteiger partial charge in [0.1, 0.15) is 17.2 Å². The number of carbonyl (C=O) groups is 2. The fraction of sp³-hybridized carbons (Fsp3) is 0.409. The van der Waals surface area contributed by atoms with Crippen LogP contribution >= 0.6 is 0 Å². The maximum absolute atomic E-state index is 12.9. The van der Waals surface area contributed by atoms with Crippen LogP contribution in [0.15, 0.2) is 35.3 Å². The van der Waals surface area contributed by atoms with Crippen LogP contribution in [0.2, 0.25) is 0 Å². The molecule has 0 saturated carbocycles. The molecule has 0 aliphatic carbocycles. The summed E-state index contributed by atoms with van der Waals surface area (Å²) in [6, 6.07) is 6.19. The van der Waals surface area contributed by atoms with E-state index in [1.54, 1.807) is 30.1 Å². The third kappa shape index (κ3) is 5.20. The van der Waals surface area contributed by atoms with Gasteiger partial charge in [-0.2, -0.15) is 0 Å². The van der Waals surface area contributed by atoms with Crippen LogP contribution in [-0.2, 0) is 7.05 Å². The van der Waals surface area contributed by atoms with Crippen LogP contribution in [-0.4, -0.2) is 48.6 Å². The number of ether oxygens (including phenoxy) is 2. The molecule has 1 N–H and O–H groups in total. The molecular formula is C22H29N3O5. The molecule has 0 radical (unpaired) electrons. The number of nitrogens with one attached hydrogen (secondary N) is 1. The molecule has 0 aliphatic heterocycles. The van der Waals surface area contributed by atoms with Crippen LogP contribution in [0.5, 0.6) is 11.5 Å². The van der Waals surface area contributed by atoms with E-state index in [0.717, 1.165) is 12.8 Å². The van der Waals surface area contributed by atoms with Crippen molar-refractivity contribution in [3.05, 3.63) is 51.9 Å². The lowest BCUT2D eigenvalue weighted by molar-refractivity contribution is 0.0754. The summed E-state index contributed by atoms with van der Waals surface area (Å²) >= 11 is 0. The van der Waals surface area contributed by atoms with Gasteiger partial charge in [0, 0.05) is 32.4 Å². The van der Waals surface area contributed by atoms with Gasteiger partial charge in [-0.25, -0.2) is 0 Å². The van der Waals surface area contributed by atoms with E-state index >= 15 is 0 Å². The number of amides is 2. The quantitative estimate of drug-likeness (QED) is 0.680. The number of hydrogen-bond donors (Lipinski definition) is 1. The van der Waals surface area contributed by atoms with Crippen molar-refractivity contribution in [2.45, 2.75) is 26.7 Å². The summed E-state index contributed by atoms with van der Waals surface area (Å²) in [5, 5.41) is 2.61. The molecule has 1 aromatic heterocycles. The molecule has 0 aliphatic rings. The zero-order valence-electron chi connectivity index (χ0n) is 18.2. The number of methoxy groups -OCH3 is 2. The highest BCUT2D eigenvalue weighted by Gasteiger charge is 2.19. The zero-order valence-corrected chi connectivity index (χ0v) is 18.2. The van der Waals surface area contributed by atoms with Gasteiger partial charge in [-0.05, 0) is 31.0 Å². The normalized spacial score (nSPS) is 10.4. The molecule has 2 aromatic rings. The molecule has 2 rings (SSSR count). The number of aryl methyl sites for hydroxylation is 1. The minimum Gasteiger partial charge on any atom is -0.497 e. The fourth-order valence-electron chi connectivity index (χ4n) is 3.13. The number of nitrogens with zero attached hydrogens (tertiary/aromatic N) is 2. The van der Waals surface area contributed by atoms with Gasteiger partial charge in [0.15, 0.2) is 0 Å². The predicted octanol–water partition coefficient (Wildman–Crippen LogP) is 2.92. The van der Waals surface area contributed by atoms with E-state index in [0.29, 0.717) is 30.2 Å². The number of carbonyl (C=O) groups excluding carboxylic acids is 2. The Balaban J connectivity index is 2.37. The number of rotatable bonds is 9. The smallest absolute Gasteiger partial charge is 0.274 e. The average molecular weight is 415 g/mol. The molecule has 1 heterocycles.